The second kappa shape index (κ2) is 5.22. The smallest absolute Gasteiger partial charge is 0.336 e. The molecule has 0 spiro atoms. The molecule has 0 aromatic heterocycles. The summed E-state index contributed by atoms with van der Waals surface area (Å²) in [6, 6.07) is 13.6. The number of carboxylic acid groups (broad SMARTS) is 1. The first-order chi connectivity index (χ1) is 10.1. The van der Waals surface area contributed by atoms with Crippen molar-refractivity contribution in [2.24, 2.45) is 5.73 Å². The lowest BCUT2D eigenvalue weighted by molar-refractivity contribution is 0.0696. The molecule has 0 fully saturated rings. The Morgan fingerprint density at radius 2 is 1.90 bits per heavy atom. The van der Waals surface area contributed by atoms with Crippen LogP contribution in [-0.4, -0.2) is 11.1 Å². The minimum atomic E-state index is -0.903. The fourth-order valence-corrected chi connectivity index (χ4v) is 3.02. The summed E-state index contributed by atoms with van der Waals surface area (Å²) in [5, 5.41) is 12.7. The summed E-state index contributed by atoms with van der Waals surface area (Å²) in [6.45, 7) is 1.83. The highest BCUT2D eigenvalue weighted by Crippen LogP contribution is 2.39. The number of nitrogens with two attached hydrogens (primary N) is 1. The molecule has 2 aromatic rings. The molecule has 2 aromatic carbocycles. The van der Waals surface area contributed by atoms with Gasteiger partial charge in [-0.2, -0.15) is 0 Å². The Kier molecular flexibility index (Phi) is 3.39. The molecule has 0 bridgehead atoms. The fraction of sp³-hybridized carbons (Fsp3) is 0.235. The molecule has 2 atom stereocenters. The number of carbonyl (C=O) groups is 1. The standard InChI is InChI=1S/C17H18N2O2/c1-10-11(17(20)21)7-4-8-15(10)19-16-9-14(18)12-5-2-3-6-13(12)16/h2-8,14,16,19H,9,18H2,1H3,(H,20,21). The number of hydrogen-bond donors (Lipinski definition) is 3. The van der Waals surface area contributed by atoms with E-state index in [9.17, 15) is 9.90 Å². The van der Waals surface area contributed by atoms with Gasteiger partial charge in [-0.05, 0) is 42.2 Å². The topological polar surface area (TPSA) is 75.3 Å². The molecule has 0 amide bonds. The molecule has 2 unspecified atom stereocenters. The summed E-state index contributed by atoms with van der Waals surface area (Å²) in [5.41, 5.74) is 10.5. The van der Waals surface area contributed by atoms with Crippen molar-refractivity contribution in [3.8, 4) is 0 Å². The van der Waals surface area contributed by atoms with Crippen molar-refractivity contribution in [2.75, 3.05) is 5.32 Å². The third kappa shape index (κ3) is 2.38. The zero-order valence-corrected chi connectivity index (χ0v) is 11.8. The normalized spacial score (nSPS) is 20.1. The maximum absolute atomic E-state index is 11.2. The van der Waals surface area contributed by atoms with E-state index in [0.717, 1.165) is 17.7 Å². The summed E-state index contributed by atoms with van der Waals surface area (Å²) in [6.07, 6.45) is 0.816. The van der Waals surface area contributed by atoms with Crippen LogP contribution in [-0.2, 0) is 0 Å². The molecule has 0 saturated heterocycles. The van der Waals surface area contributed by atoms with Crippen molar-refractivity contribution >= 4 is 11.7 Å². The number of benzene rings is 2. The van der Waals surface area contributed by atoms with Gasteiger partial charge in [-0.25, -0.2) is 4.79 Å². The minimum absolute atomic E-state index is 0.0293. The van der Waals surface area contributed by atoms with Crippen LogP contribution in [0, 0.1) is 6.92 Å². The molecule has 0 heterocycles. The van der Waals surface area contributed by atoms with Gasteiger partial charge in [0.05, 0.1) is 11.6 Å². The zero-order chi connectivity index (χ0) is 15.0. The fourth-order valence-electron chi connectivity index (χ4n) is 3.02. The van der Waals surface area contributed by atoms with Crippen LogP contribution in [0.5, 0.6) is 0 Å². The van der Waals surface area contributed by atoms with Crippen LogP contribution in [0.2, 0.25) is 0 Å². The summed E-state index contributed by atoms with van der Waals surface area (Å²) in [7, 11) is 0. The highest BCUT2D eigenvalue weighted by molar-refractivity contribution is 5.91. The van der Waals surface area contributed by atoms with Gasteiger partial charge in [0, 0.05) is 11.7 Å². The van der Waals surface area contributed by atoms with Gasteiger partial charge in [-0.15, -0.1) is 0 Å². The highest BCUT2D eigenvalue weighted by atomic mass is 16.4. The summed E-state index contributed by atoms with van der Waals surface area (Å²) in [4.78, 5) is 11.2. The number of hydrogen-bond acceptors (Lipinski definition) is 3. The Labute approximate surface area is 123 Å². The number of anilines is 1. The second-order valence-electron chi connectivity index (χ2n) is 5.45. The first-order valence-corrected chi connectivity index (χ1v) is 7.01. The van der Waals surface area contributed by atoms with Crippen molar-refractivity contribution in [1.82, 2.24) is 0 Å². The largest absolute Gasteiger partial charge is 0.478 e. The molecule has 4 N–H and O–H groups in total. The van der Waals surface area contributed by atoms with E-state index >= 15 is 0 Å². The predicted octanol–water partition coefficient (Wildman–Crippen LogP) is 3.25. The van der Waals surface area contributed by atoms with E-state index in [1.165, 1.54) is 11.1 Å². The minimum Gasteiger partial charge on any atom is -0.478 e. The molecular weight excluding hydrogens is 264 g/mol. The molecule has 1 aliphatic rings. The van der Waals surface area contributed by atoms with Gasteiger partial charge in [0.15, 0.2) is 0 Å². The van der Waals surface area contributed by atoms with E-state index in [1.807, 2.05) is 25.1 Å². The predicted molar refractivity (Wildman–Crippen MR) is 82.5 cm³/mol. The Balaban J connectivity index is 1.92. The van der Waals surface area contributed by atoms with Gasteiger partial charge in [-0.3, -0.25) is 0 Å². The van der Waals surface area contributed by atoms with Crippen LogP contribution in [0.15, 0.2) is 42.5 Å². The molecule has 3 rings (SSSR count). The molecule has 21 heavy (non-hydrogen) atoms. The molecule has 0 aliphatic heterocycles. The van der Waals surface area contributed by atoms with Crippen molar-refractivity contribution in [3.63, 3.8) is 0 Å². The molecule has 4 heteroatoms. The molecular formula is C17H18N2O2. The average Bonchev–Trinajstić information content (AvgIpc) is 2.78. The van der Waals surface area contributed by atoms with Gasteiger partial charge in [0.25, 0.3) is 0 Å². The van der Waals surface area contributed by atoms with Gasteiger partial charge in [0.1, 0.15) is 0 Å². The molecule has 1 aliphatic carbocycles. The lowest BCUT2D eigenvalue weighted by Crippen LogP contribution is -2.12. The lowest BCUT2D eigenvalue weighted by Gasteiger charge is -2.18. The van der Waals surface area contributed by atoms with Gasteiger partial charge >= 0.3 is 5.97 Å². The van der Waals surface area contributed by atoms with Crippen LogP contribution in [0.1, 0.15) is 45.6 Å². The lowest BCUT2D eigenvalue weighted by atomic mass is 10.0. The van der Waals surface area contributed by atoms with E-state index in [2.05, 4.69) is 17.4 Å². The maximum atomic E-state index is 11.2. The summed E-state index contributed by atoms with van der Waals surface area (Å²) < 4.78 is 0. The van der Waals surface area contributed by atoms with Crippen molar-refractivity contribution in [2.45, 2.75) is 25.4 Å². The van der Waals surface area contributed by atoms with Crippen LogP contribution < -0.4 is 11.1 Å². The molecule has 108 valence electrons. The summed E-state index contributed by atoms with van der Waals surface area (Å²) >= 11 is 0. The molecule has 4 nitrogen and oxygen atoms in total. The van der Waals surface area contributed by atoms with Gasteiger partial charge < -0.3 is 16.2 Å². The first kappa shape index (κ1) is 13.6. The van der Waals surface area contributed by atoms with E-state index in [4.69, 9.17) is 5.73 Å². The first-order valence-electron chi connectivity index (χ1n) is 7.01. The van der Waals surface area contributed by atoms with Gasteiger partial charge in [0.2, 0.25) is 0 Å². The zero-order valence-electron chi connectivity index (χ0n) is 11.8. The third-order valence-corrected chi connectivity index (χ3v) is 4.15. The Morgan fingerprint density at radius 1 is 1.19 bits per heavy atom. The summed E-state index contributed by atoms with van der Waals surface area (Å²) in [5.74, 6) is -0.903. The van der Waals surface area contributed by atoms with Gasteiger partial charge in [-0.1, -0.05) is 30.3 Å². The van der Waals surface area contributed by atoms with E-state index in [-0.39, 0.29) is 12.1 Å². The number of rotatable bonds is 3. The molecule has 0 radical (unpaired) electrons. The maximum Gasteiger partial charge on any atom is 0.336 e. The van der Waals surface area contributed by atoms with Crippen molar-refractivity contribution in [1.29, 1.82) is 0 Å². The van der Waals surface area contributed by atoms with E-state index < -0.39 is 5.97 Å². The number of carboxylic acids is 1. The van der Waals surface area contributed by atoms with E-state index in [1.54, 1.807) is 12.1 Å². The monoisotopic (exact) mass is 282 g/mol. The Hall–Kier alpha value is -2.33. The van der Waals surface area contributed by atoms with Crippen LogP contribution >= 0.6 is 0 Å². The average molecular weight is 282 g/mol. The number of fused-ring (bicyclic) bond motifs is 1. The van der Waals surface area contributed by atoms with Crippen LogP contribution in [0.25, 0.3) is 0 Å². The highest BCUT2D eigenvalue weighted by Gasteiger charge is 2.28. The SMILES string of the molecule is Cc1c(NC2CC(N)c3ccccc32)cccc1C(=O)O. The number of aromatic carboxylic acids is 1. The second-order valence-corrected chi connectivity index (χ2v) is 5.45. The van der Waals surface area contributed by atoms with Crippen molar-refractivity contribution in [3.05, 3.63) is 64.7 Å². The molecule has 0 saturated carbocycles. The van der Waals surface area contributed by atoms with E-state index in [0.29, 0.717) is 5.56 Å². The van der Waals surface area contributed by atoms with Crippen molar-refractivity contribution < 1.29 is 9.90 Å². The van der Waals surface area contributed by atoms with Crippen LogP contribution in [0.4, 0.5) is 5.69 Å². The Bertz CT molecular complexity index is 697. The Morgan fingerprint density at radius 3 is 2.62 bits per heavy atom. The third-order valence-electron chi connectivity index (χ3n) is 4.15. The quantitative estimate of drug-likeness (QED) is 0.807. The van der Waals surface area contributed by atoms with Crippen LogP contribution in [0.3, 0.4) is 0 Å². The number of nitrogens with one attached hydrogen (secondary N) is 1.